The first-order chi connectivity index (χ1) is 10.6. The van der Waals surface area contributed by atoms with Crippen molar-refractivity contribution in [3.05, 3.63) is 24.3 Å². The minimum atomic E-state index is -0.899. The van der Waals surface area contributed by atoms with Crippen LogP contribution in [0.4, 0.5) is 10.1 Å². The fourth-order valence-corrected chi connectivity index (χ4v) is 3.50. The lowest BCUT2D eigenvalue weighted by Crippen LogP contribution is -2.53. The lowest BCUT2D eigenvalue weighted by Gasteiger charge is -2.39. The van der Waals surface area contributed by atoms with Crippen LogP contribution in [0.5, 0.6) is 0 Å². The number of piperazine rings is 1. The number of halogens is 1. The van der Waals surface area contributed by atoms with E-state index in [2.05, 4.69) is 14.8 Å². The van der Waals surface area contributed by atoms with Crippen LogP contribution < -0.4 is 4.90 Å². The number of hydrogen-bond donors (Lipinski definition) is 2. The molecule has 0 bridgehead atoms. The van der Waals surface area contributed by atoms with Crippen LogP contribution in [-0.2, 0) is 0 Å². The van der Waals surface area contributed by atoms with Crippen LogP contribution >= 0.6 is 0 Å². The number of pyridine rings is 1. The Bertz CT molecular complexity index is 500. The van der Waals surface area contributed by atoms with E-state index in [1.807, 2.05) is 0 Å². The topological polar surface area (TPSA) is 59.8 Å². The maximum absolute atomic E-state index is 13.2. The van der Waals surface area contributed by atoms with E-state index in [0.29, 0.717) is 19.4 Å². The van der Waals surface area contributed by atoms with E-state index < -0.39 is 11.7 Å². The van der Waals surface area contributed by atoms with Crippen molar-refractivity contribution < 1.29 is 14.6 Å². The van der Waals surface area contributed by atoms with Crippen molar-refractivity contribution in [1.82, 2.24) is 9.88 Å². The number of aliphatic hydroxyl groups is 2. The Morgan fingerprint density at radius 2 is 1.86 bits per heavy atom. The van der Waals surface area contributed by atoms with Crippen LogP contribution in [0.15, 0.2) is 18.5 Å². The van der Waals surface area contributed by atoms with Gasteiger partial charge in [-0.05, 0) is 12.8 Å². The SMILES string of the molecule is OC(CN1CCN(c2cncc(F)c2)CC1)C1(O)CCCC1. The van der Waals surface area contributed by atoms with Crippen molar-refractivity contribution in [2.75, 3.05) is 37.6 Å². The van der Waals surface area contributed by atoms with Crippen molar-refractivity contribution in [3.8, 4) is 0 Å². The molecule has 122 valence electrons. The Labute approximate surface area is 130 Å². The van der Waals surface area contributed by atoms with Crippen LogP contribution in [0, 0.1) is 5.82 Å². The molecule has 6 heteroatoms. The fraction of sp³-hybridized carbons (Fsp3) is 0.688. The predicted octanol–water partition coefficient (Wildman–Crippen LogP) is 1.01. The quantitative estimate of drug-likeness (QED) is 0.869. The molecule has 0 aromatic carbocycles. The summed E-state index contributed by atoms with van der Waals surface area (Å²) in [6, 6.07) is 1.50. The zero-order chi connectivity index (χ0) is 15.6. The molecule has 2 aliphatic rings. The average Bonchev–Trinajstić information content (AvgIpc) is 2.96. The molecule has 1 saturated carbocycles. The van der Waals surface area contributed by atoms with Gasteiger partial charge in [-0.25, -0.2) is 4.39 Å². The third-order valence-electron chi connectivity index (χ3n) is 4.95. The molecule has 2 N–H and O–H groups in total. The molecule has 1 aromatic heterocycles. The molecule has 3 rings (SSSR count). The fourth-order valence-electron chi connectivity index (χ4n) is 3.50. The Kier molecular flexibility index (Phi) is 4.61. The molecule has 1 aliphatic carbocycles. The van der Waals surface area contributed by atoms with Crippen molar-refractivity contribution in [1.29, 1.82) is 0 Å². The summed E-state index contributed by atoms with van der Waals surface area (Å²) in [6.45, 7) is 3.64. The Morgan fingerprint density at radius 3 is 2.50 bits per heavy atom. The van der Waals surface area contributed by atoms with E-state index in [4.69, 9.17) is 0 Å². The van der Waals surface area contributed by atoms with E-state index in [0.717, 1.165) is 44.7 Å². The van der Waals surface area contributed by atoms with Crippen LogP contribution in [0.3, 0.4) is 0 Å². The Morgan fingerprint density at radius 1 is 1.18 bits per heavy atom. The molecule has 1 aliphatic heterocycles. The second-order valence-corrected chi connectivity index (χ2v) is 6.48. The second-order valence-electron chi connectivity index (χ2n) is 6.48. The second kappa shape index (κ2) is 6.48. The highest BCUT2D eigenvalue weighted by Gasteiger charge is 2.39. The summed E-state index contributed by atoms with van der Waals surface area (Å²) in [5.41, 5.74) is -0.0986. The molecule has 0 radical (unpaired) electrons. The van der Waals surface area contributed by atoms with Crippen LogP contribution in [-0.4, -0.2) is 64.5 Å². The van der Waals surface area contributed by atoms with Crippen LogP contribution in [0.2, 0.25) is 0 Å². The molecule has 1 atom stereocenters. The number of β-amino-alcohol motifs (C(OH)–C–C–N with tert-alkyl or cyclic N) is 1. The number of aromatic nitrogens is 1. The van der Waals surface area contributed by atoms with Gasteiger partial charge >= 0.3 is 0 Å². The summed E-state index contributed by atoms with van der Waals surface area (Å²) < 4.78 is 13.2. The van der Waals surface area contributed by atoms with Crippen molar-refractivity contribution in [2.24, 2.45) is 0 Å². The molecule has 2 fully saturated rings. The smallest absolute Gasteiger partial charge is 0.143 e. The van der Waals surface area contributed by atoms with Crippen LogP contribution in [0.25, 0.3) is 0 Å². The van der Waals surface area contributed by atoms with Gasteiger partial charge < -0.3 is 15.1 Å². The summed E-state index contributed by atoms with van der Waals surface area (Å²) in [6.07, 6.45) is 5.58. The van der Waals surface area contributed by atoms with Crippen molar-refractivity contribution >= 4 is 5.69 Å². The van der Waals surface area contributed by atoms with Gasteiger partial charge in [-0.15, -0.1) is 0 Å². The number of rotatable bonds is 4. The summed E-state index contributed by atoms with van der Waals surface area (Å²) in [5, 5.41) is 20.7. The summed E-state index contributed by atoms with van der Waals surface area (Å²) >= 11 is 0. The number of anilines is 1. The minimum Gasteiger partial charge on any atom is -0.389 e. The zero-order valence-corrected chi connectivity index (χ0v) is 12.8. The maximum atomic E-state index is 13.2. The van der Waals surface area contributed by atoms with Crippen molar-refractivity contribution in [3.63, 3.8) is 0 Å². The predicted molar refractivity (Wildman–Crippen MR) is 82.3 cm³/mol. The van der Waals surface area contributed by atoms with Gasteiger partial charge in [0.15, 0.2) is 0 Å². The highest BCUT2D eigenvalue weighted by molar-refractivity contribution is 5.44. The molecule has 1 aromatic rings. The van der Waals surface area contributed by atoms with E-state index >= 15 is 0 Å². The summed E-state index contributed by atoms with van der Waals surface area (Å²) in [5.74, 6) is -0.321. The van der Waals surface area contributed by atoms with E-state index in [1.165, 1.54) is 12.3 Å². The van der Waals surface area contributed by atoms with E-state index in [1.54, 1.807) is 6.20 Å². The maximum Gasteiger partial charge on any atom is 0.143 e. The summed E-state index contributed by atoms with van der Waals surface area (Å²) in [4.78, 5) is 8.16. The van der Waals surface area contributed by atoms with Crippen LogP contribution in [0.1, 0.15) is 25.7 Å². The molecular formula is C16H24FN3O2. The molecule has 2 heterocycles. The monoisotopic (exact) mass is 309 g/mol. The Balaban J connectivity index is 1.51. The first-order valence-electron chi connectivity index (χ1n) is 8.05. The lowest BCUT2D eigenvalue weighted by atomic mass is 9.94. The van der Waals surface area contributed by atoms with Gasteiger partial charge in [-0.3, -0.25) is 9.88 Å². The van der Waals surface area contributed by atoms with Gasteiger partial charge in [0.1, 0.15) is 5.82 Å². The first kappa shape index (κ1) is 15.6. The average molecular weight is 309 g/mol. The first-order valence-corrected chi connectivity index (χ1v) is 8.05. The minimum absolute atomic E-state index is 0.321. The summed E-state index contributed by atoms with van der Waals surface area (Å²) in [7, 11) is 0. The normalized spacial score (nSPS) is 23.7. The third-order valence-corrected chi connectivity index (χ3v) is 4.95. The molecule has 5 nitrogen and oxygen atoms in total. The van der Waals surface area contributed by atoms with Crippen molar-refractivity contribution in [2.45, 2.75) is 37.4 Å². The molecule has 1 unspecified atom stereocenters. The number of nitrogens with zero attached hydrogens (tertiary/aromatic N) is 3. The third kappa shape index (κ3) is 3.39. The standard InChI is InChI=1S/C16H24FN3O2/c17-13-9-14(11-18-10-13)20-7-5-19(6-8-20)12-15(21)16(22)3-1-2-4-16/h9-11,15,21-22H,1-8,12H2. The Hall–Kier alpha value is -1.24. The highest BCUT2D eigenvalue weighted by atomic mass is 19.1. The van der Waals surface area contributed by atoms with E-state index in [9.17, 15) is 14.6 Å². The molecule has 1 saturated heterocycles. The molecular weight excluding hydrogens is 285 g/mol. The van der Waals surface area contributed by atoms with E-state index in [-0.39, 0.29) is 5.82 Å². The zero-order valence-electron chi connectivity index (χ0n) is 12.8. The van der Waals surface area contributed by atoms with Gasteiger partial charge in [0.05, 0.1) is 29.8 Å². The molecule has 22 heavy (non-hydrogen) atoms. The highest BCUT2D eigenvalue weighted by Crippen LogP contribution is 2.32. The van der Waals surface area contributed by atoms with Gasteiger partial charge in [0.2, 0.25) is 0 Å². The van der Waals surface area contributed by atoms with Gasteiger partial charge in [0.25, 0.3) is 0 Å². The molecule has 0 spiro atoms. The number of hydrogen-bond acceptors (Lipinski definition) is 5. The largest absolute Gasteiger partial charge is 0.389 e. The number of aliphatic hydroxyl groups excluding tert-OH is 1. The van der Waals surface area contributed by atoms with Gasteiger partial charge in [-0.1, -0.05) is 12.8 Å². The molecule has 0 amide bonds. The van der Waals surface area contributed by atoms with Gasteiger partial charge in [-0.2, -0.15) is 0 Å². The lowest BCUT2D eigenvalue weighted by molar-refractivity contribution is -0.0818. The van der Waals surface area contributed by atoms with Gasteiger partial charge in [0, 0.05) is 38.8 Å².